The predicted molar refractivity (Wildman–Crippen MR) is 64.8 cm³/mol. The fourth-order valence-corrected chi connectivity index (χ4v) is 1.83. The maximum atomic E-state index is 8.73. The van der Waals surface area contributed by atoms with Crippen molar-refractivity contribution >= 4 is 13.0 Å². The summed E-state index contributed by atoms with van der Waals surface area (Å²) in [6, 6.07) is 1.76. The van der Waals surface area contributed by atoms with Gasteiger partial charge >= 0.3 is 7.32 Å². The van der Waals surface area contributed by atoms with Gasteiger partial charge in [0.2, 0.25) is 0 Å². The number of piperazine rings is 1. The van der Waals surface area contributed by atoms with Gasteiger partial charge in [-0.15, -0.1) is 0 Å². The van der Waals surface area contributed by atoms with Crippen molar-refractivity contribution in [3.8, 4) is 5.75 Å². The van der Waals surface area contributed by atoms with Crippen LogP contribution in [0, 0.1) is 0 Å². The van der Waals surface area contributed by atoms with E-state index >= 15 is 0 Å². The highest BCUT2D eigenvalue weighted by atomic mass is 16.6. The van der Waals surface area contributed by atoms with Crippen LogP contribution in [0.3, 0.4) is 0 Å². The van der Waals surface area contributed by atoms with Gasteiger partial charge < -0.3 is 24.5 Å². The highest BCUT2D eigenvalue weighted by molar-refractivity contribution is 6.33. The summed E-state index contributed by atoms with van der Waals surface area (Å²) < 4.78 is 4.78. The van der Waals surface area contributed by atoms with Gasteiger partial charge in [0.15, 0.2) is 0 Å². The van der Waals surface area contributed by atoms with Crippen molar-refractivity contribution in [1.29, 1.82) is 0 Å². The minimum atomic E-state index is -1.81. The van der Waals surface area contributed by atoms with Gasteiger partial charge in [0.25, 0.3) is 0 Å². The van der Waals surface area contributed by atoms with Gasteiger partial charge in [0, 0.05) is 32.2 Å². The van der Waals surface area contributed by atoms with E-state index in [0.29, 0.717) is 5.75 Å². The molecule has 0 saturated carbocycles. The molecule has 0 unspecified atom stereocenters. The van der Waals surface area contributed by atoms with E-state index in [0.717, 1.165) is 31.9 Å². The summed E-state index contributed by atoms with van der Waals surface area (Å²) in [5, 5.41) is 17.5. The van der Waals surface area contributed by atoms with Gasteiger partial charge in [0.05, 0.1) is 18.1 Å². The van der Waals surface area contributed by atoms with Crippen LogP contribution in [0.25, 0.3) is 0 Å². The Morgan fingerprint density at radius 3 is 2.59 bits per heavy atom. The van der Waals surface area contributed by atoms with Gasteiger partial charge in [-0.1, -0.05) is 0 Å². The van der Waals surface area contributed by atoms with Crippen LogP contribution in [-0.2, 0) is 0 Å². The molecule has 1 aliphatic heterocycles. The summed E-state index contributed by atoms with van der Waals surface area (Å²) in [7, 11) is 0.289. The van der Waals surface area contributed by atoms with Crippen LogP contribution in [0.15, 0.2) is 18.5 Å². The summed E-state index contributed by atoms with van der Waals surface area (Å²) in [5.41, 5.74) is 0.941. The fourth-order valence-electron chi connectivity index (χ4n) is 1.83. The highest BCUT2D eigenvalue weighted by Crippen LogP contribution is 2.20. The fraction of sp³-hybridized carbons (Fsp3) is 0.500. The zero-order chi connectivity index (χ0) is 12.3. The summed E-state index contributed by atoms with van der Waals surface area (Å²) in [6.07, 6.45) is 3.21. The van der Waals surface area contributed by atoms with E-state index in [1.807, 2.05) is 0 Å². The molecule has 2 heterocycles. The Morgan fingerprint density at radius 2 is 1.94 bits per heavy atom. The van der Waals surface area contributed by atoms with Crippen molar-refractivity contribution in [1.82, 2.24) is 9.88 Å². The molecular weight excluding hydrogens is 221 g/mol. The maximum absolute atomic E-state index is 8.73. The zero-order valence-corrected chi connectivity index (χ0v) is 9.78. The van der Waals surface area contributed by atoms with E-state index in [1.165, 1.54) is 6.20 Å². The molecule has 0 bridgehead atoms. The maximum Gasteiger partial charge on any atom is 0.707 e. The first-order chi connectivity index (χ1) is 8.15. The molecule has 0 radical (unpaired) electrons. The first-order valence-electron chi connectivity index (χ1n) is 5.56. The van der Waals surface area contributed by atoms with Crippen LogP contribution >= 0.6 is 0 Å². The first kappa shape index (κ1) is 12.2. The third-order valence-electron chi connectivity index (χ3n) is 2.81. The summed E-state index contributed by atoms with van der Waals surface area (Å²) in [4.78, 5) is 8.49. The monoisotopic (exact) mass is 237 g/mol. The van der Waals surface area contributed by atoms with Crippen LogP contribution in [-0.4, -0.2) is 60.5 Å². The van der Waals surface area contributed by atoms with E-state index in [2.05, 4.69) is 21.8 Å². The average molecular weight is 237 g/mol. The van der Waals surface area contributed by atoms with Crippen molar-refractivity contribution in [3.63, 3.8) is 0 Å². The SMILES string of the molecule is CN1CCN(c2cncc(OB(O)O)c2)CC1. The summed E-state index contributed by atoms with van der Waals surface area (Å²) in [6.45, 7) is 3.88. The molecule has 0 aromatic carbocycles. The largest absolute Gasteiger partial charge is 0.707 e. The molecule has 0 aliphatic carbocycles. The third-order valence-corrected chi connectivity index (χ3v) is 2.81. The number of rotatable bonds is 3. The van der Waals surface area contributed by atoms with Crippen LogP contribution in [0.4, 0.5) is 5.69 Å². The average Bonchev–Trinajstić information content (AvgIpc) is 2.29. The van der Waals surface area contributed by atoms with E-state index in [9.17, 15) is 0 Å². The molecular formula is C10H16BN3O3. The lowest BCUT2D eigenvalue weighted by molar-refractivity contribution is 0.287. The number of pyridine rings is 1. The third kappa shape index (κ3) is 3.32. The van der Waals surface area contributed by atoms with Gasteiger partial charge in [-0.25, -0.2) is 0 Å². The molecule has 0 atom stereocenters. The topological polar surface area (TPSA) is 69.1 Å². The Balaban J connectivity index is 2.05. The number of nitrogens with zero attached hydrogens (tertiary/aromatic N) is 3. The van der Waals surface area contributed by atoms with Crippen molar-refractivity contribution in [2.24, 2.45) is 0 Å². The minimum absolute atomic E-state index is 0.358. The van der Waals surface area contributed by atoms with E-state index in [-0.39, 0.29) is 0 Å². The molecule has 1 aliphatic rings. The van der Waals surface area contributed by atoms with Crippen LogP contribution < -0.4 is 9.55 Å². The summed E-state index contributed by atoms with van der Waals surface area (Å²) in [5.74, 6) is 0.358. The molecule has 2 rings (SSSR count). The second-order valence-electron chi connectivity index (χ2n) is 4.11. The van der Waals surface area contributed by atoms with E-state index in [1.54, 1.807) is 12.3 Å². The molecule has 17 heavy (non-hydrogen) atoms. The summed E-state index contributed by atoms with van der Waals surface area (Å²) >= 11 is 0. The second kappa shape index (κ2) is 5.35. The Morgan fingerprint density at radius 1 is 1.24 bits per heavy atom. The molecule has 6 nitrogen and oxygen atoms in total. The molecule has 0 amide bonds. The van der Waals surface area contributed by atoms with Crippen LogP contribution in [0.5, 0.6) is 5.75 Å². The second-order valence-corrected chi connectivity index (χ2v) is 4.11. The Kier molecular flexibility index (Phi) is 3.83. The Hall–Kier alpha value is -1.31. The van der Waals surface area contributed by atoms with Gasteiger partial charge in [0.1, 0.15) is 5.75 Å². The van der Waals surface area contributed by atoms with Crippen LogP contribution in [0.2, 0.25) is 0 Å². The Labute approximate surface area is 101 Å². The van der Waals surface area contributed by atoms with Crippen molar-refractivity contribution < 1.29 is 14.7 Å². The van der Waals surface area contributed by atoms with Gasteiger partial charge in [-0.2, -0.15) is 0 Å². The molecule has 0 spiro atoms. The lowest BCUT2D eigenvalue weighted by Crippen LogP contribution is -2.44. The smallest absolute Gasteiger partial charge is 0.511 e. The number of hydrogen-bond acceptors (Lipinski definition) is 6. The van der Waals surface area contributed by atoms with Crippen molar-refractivity contribution in [3.05, 3.63) is 18.5 Å². The molecule has 2 N–H and O–H groups in total. The number of likely N-dealkylation sites (N-methyl/N-ethyl adjacent to an activating group) is 1. The Bertz CT molecular complexity index is 370. The molecule has 1 saturated heterocycles. The lowest BCUT2D eigenvalue weighted by Gasteiger charge is -2.33. The predicted octanol–water partition coefficient (Wildman–Crippen LogP) is -0.818. The molecule has 1 aromatic rings. The quantitative estimate of drug-likeness (QED) is 0.669. The normalized spacial score (nSPS) is 17.0. The first-order valence-corrected chi connectivity index (χ1v) is 5.56. The number of aromatic nitrogens is 1. The zero-order valence-electron chi connectivity index (χ0n) is 9.78. The number of hydrogen-bond donors (Lipinski definition) is 2. The highest BCUT2D eigenvalue weighted by Gasteiger charge is 2.16. The van der Waals surface area contributed by atoms with Crippen LogP contribution in [0.1, 0.15) is 0 Å². The van der Waals surface area contributed by atoms with Crippen molar-refractivity contribution in [2.75, 3.05) is 38.1 Å². The van der Waals surface area contributed by atoms with Gasteiger partial charge in [-0.3, -0.25) is 4.98 Å². The van der Waals surface area contributed by atoms with E-state index < -0.39 is 7.32 Å². The molecule has 1 fully saturated rings. The number of anilines is 1. The van der Waals surface area contributed by atoms with Crippen molar-refractivity contribution in [2.45, 2.75) is 0 Å². The lowest BCUT2D eigenvalue weighted by atomic mass is 10.2. The van der Waals surface area contributed by atoms with E-state index in [4.69, 9.17) is 14.7 Å². The molecule has 92 valence electrons. The van der Waals surface area contributed by atoms with Gasteiger partial charge in [-0.05, 0) is 7.05 Å². The molecule has 1 aromatic heterocycles. The molecule has 7 heteroatoms. The minimum Gasteiger partial charge on any atom is -0.511 e. The standard InChI is InChI=1S/C10H16BN3O3/c1-13-2-4-14(5-3-13)9-6-10(8-12-7-9)17-11(15)16/h6-8,15-16H,2-5H2,1H3.